The van der Waals surface area contributed by atoms with E-state index in [1.807, 2.05) is 0 Å². The number of nitrogens with zero attached hydrogens (tertiary/aromatic N) is 1. The zero-order valence-corrected chi connectivity index (χ0v) is 14.7. The van der Waals surface area contributed by atoms with Crippen LogP contribution in [-0.4, -0.2) is 53.4 Å². The van der Waals surface area contributed by atoms with Gasteiger partial charge in [-0.15, -0.1) is 0 Å². The molecule has 10 nitrogen and oxygen atoms in total. The second-order valence-electron chi connectivity index (χ2n) is 5.32. The van der Waals surface area contributed by atoms with Crippen molar-refractivity contribution in [1.82, 2.24) is 10.2 Å². The van der Waals surface area contributed by atoms with E-state index in [9.17, 15) is 27.9 Å². The minimum atomic E-state index is -4.58. The molecule has 1 fully saturated rings. The lowest BCUT2D eigenvalue weighted by Gasteiger charge is -2.43. The van der Waals surface area contributed by atoms with Crippen molar-refractivity contribution < 1.29 is 36.6 Å². The van der Waals surface area contributed by atoms with E-state index in [4.69, 9.17) is 4.55 Å². The maximum Gasteiger partial charge on any atom is 0.397 e. The highest BCUT2D eigenvalue weighted by molar-refractivity contribution is 8.05. The summed E-state index contributed by atoms with van der Waals surface area (Å²) in [6.07, 6.45) is 1.72. The molecule has 0 aromatic carbocycles. The van der Waals surface area contributed by atoms with Crippen molar-refractivity contribution in [3.63, 3.8) is 0 Å². The van der Waals surface area contributed by atoms with E-state index >= 15 is 0 Å². The third-order valence-corrected chi connectivity index (χ3v) is 5.06. The fourth-order valence-electron chi connectivity index (χ4n) is 2.73. The van der Waals surface area contributed by atoms with Crippen molar-refractivity contribution in [2.75, 3.05) is 6.61 Å². The number of carboxylic acid groups (broad SMARTS) is 1. The Labute approximate surface area is 147 Å². The van der Waals surface area contributed by atoms with Gasteiger partial charge in [-0.1, -0.05) is 11.8 Å². The third kappa shape index (κ3) is 4.60. The zero-order chi connectivity index (χ0) is 18.8. The molecule has 25 heavy (non-hydrogen) atoms. The van der Waals surface area contributed by atoms with Crippen molar-refractivity contribution in [1.29, 1.82) is 0 Å². The molecule has 0 radical (unpaired) electrons. The maximum absolute atomic E-state index is 12.2. The first-order chi connectivity index (χ1) is 11.6. The highest BCUT2D eigenvalue weighted by atomic mass is 32.3. The number of hydrogen-bond donors (Lipinski definition) is 3. The lowest BCUT2D eigenvalue weighted by atomic mass is 9.85. The van der Waals surface area contributed by atoms with Crippen LogP contribution in [0.1, 0.15) is 19.8 Å². The van der Waals surface area contributed by atoms with E-state index in [0.29, 0.717) is 11.3 Å². The normalized spacial score (nSPS) is 23.0. The van der Waals surface area contributed by atoms with Crippen molar-refractivity contribution >= 4 is 39.9 Å². The highest BCUT2D eigenvalue weighted by Crippen LogP contribution is 2.47. The van der Waals surface area contributed by atoms with Crippen LogP contribution in [0.3, 0.4) is 0 Å². The summed E-state index contributed by atoms with van der Waals surface area (Å²) in [5, 5.41) is 13.3. The quantitative estimate of drug-likeness (QED) is 0.385. The molecule has 1 saturated heterocycles. The number of rotatable bonds is 8. The second-order valence-corrected chi connectivity index (χ2v) is 7.41. The van der Waals surface area contributed by atoms with Crippen LogP contribution < -0.4 is 5.32 Å². The van der Waals surface area contributed by atoms with Crippen LogP contribution in [-0.2, 0) is 29.0 Å². The number of thioether (sulfide) groups is 1. The average Bonchev–Trinajstić information content (AvgIpc) is 2.82. The molecule has 3 N–H and O–H groups in total. The van der Waals surface area contributed by atoms with Gasteiger partial charge in [0.15, 0.2) is 0 Å². The summed E-state index contributed by atoms with van der Waals surface area (Å²) in [7, 11) is -4.58. The number of aliphatic carboxylic acids is 1. The van der Waals surface area contributed by atoms with Crippen molar-refractivity contribution in [2.24, 2.45) is 5.92 Å². The molecule has 2 aliphatic heterocycles. The molecule has 2 rings (SSSR count). The first-order valence-corrected chi connectivity index (χ1v) is 9.36. The van der Waals surface area contributed by atoms with Crippen LogP contribution in [0.15, 0.2) is 22.2 Å². The maximum atomic E-state index is 12.2. The van der Waals surface area contributed by atoms with Gasteiger partial charge in [-0.2, -0.15) is 8.42 Å². The van der Waals surface area contributed by atoms with Gasteiger partial charge in [0.25, 0.3) is 0 Å². The number of carbonyl (C=O) groups is 3. The summed E-state index contributed by atoms with van der Waals surface area (Å²) in [5.74, 6) is -2.51. The molecule has 0 bridgehead atoms. The number of carbonyl (C=O) groups excluding carboxylic acids is 2. The van der Waals surface area contributed by atoms with Gasteiger partial charge in [0.1, 0.15) is 5.70 Å². The Hall–Kier alpha value is -1.89. The number of carboxylic acids is 1. The molecule has 2 atom stereocenters. The summed E-state index contributed by atoms with van der Waals surface area (Å²) in [4.78, 5) is 36.0. The molecule has 12 heteroatoms. The Morgan fingerprint density at radius 1 is 1.48 bits per heavy atom. The number of β-lactam (4-membered cyclic amide) rings is 1. The Bertz CT molecular complexity index is 758. The Balaban J connectivity index is 2.02. The minimum absolute atomic E-state index is 0.0480. The van der Waals surface area contributed by atoms with E-state index in [-0.39, 0.29) is 30.7 Å². The Morgan fingerprint density at radius 2 is 2.16 bits per heavy atom. The van der Waals surface area contributed by atoms with Crippen LogP contribution in [0.5, 0.6) is 0 Å². The van der Waals surface area contributed by atoms with Crippen LogP contribution in [0.2, 0.25) is 0 Å². The number of fused-ring (bicyclic) bond motifs is 1. The van der Waals surface area contributed by atoms with Gasteiger partial charge in [0, 0.05) is 24.4 Å². The topological polar surface area (TPSA) is 150 Å². The van der Waals surface area contributed by atoms with Crippen LogP contribution in [0.25, 0.3) is 0 Å². The SMILES string of the molecule is CC(=O)N/C=C/SC1=C(C(=O)O)N2C(=O)[C@H](CCOS(=O)(=O)O)[C@H]2C1. The zero-order valence-electron chi connectivity index (χ0n) is 13.0. The second kappa shape index (κ2) is 7.56. The largest absolute Gasteiger partial charge is 0.477 e. The first kappa shape index (κ1) is 19.4. The van der Waals surface area contributed by atoms with Crippen LogP contribution in [0.4, 0.5) is 0 Å². The summed E-state index contributed by atoms with van der Waals surface area (Å²) in [6, 6.07) is -0.389. The van der Waals surface area contributed by atoms with Crippen molar-refractivity contribution in [3.8, 4) is 0 Å². The Kier molecular flexibility index (Phi) is 5.87. The summed E-state index contributed by atoms with van der Waals surface area (Å²) in [5.41, 5.74) is -0.112. The predicted molar refractivity (Wildman–Crippen MR) is 86.1 cm³/mol. The van der Waals surface area contributed by atoms with E-state index in [1.54, 1.807) is 0 Å². The molecule has 0 spiro atoms. The standard InChI is InChI=1S/C13H16N2O8S2/c1-7(16)14-3-5-24-10-6-9-8(2-4-23-25(20,21)22)12(17)15(9)11(10)13(18)19/h3,5,8-9H,2,4,6H2,1H3,(H,14,16)(H,18,19)(H,20,21,22)/b5-3+/t8-,9-/m1/s1. The highest BCUT2D eigenvalue weighted by Gasteiger charge is 2.54. The molecule has 2 amide bonds. The van der Waals surface area contributed by atoms with Crippen molar-refractivity contribution in [3.05, 3.63) is 22.2 Å². The van der Waals surface area contributed by atoms with Gasteiger partial charge in [-0.05, 0) is 11.8 Å². The smallest absolute Gasteiger partial charge is 0.397 e. The van der Waals surface area contributed by atoms with Crippen LogP contribution in [0, 0.1) is 5.92 Å². The van der Waals surface area contributed by atoms with Crippen molar-refractivity contribution in [2.45, 2.75) is 25.8 Å². The lowest BCUT2D eigenvalue weighted by molar-refractivity contribution is -0.155. The van der Waals surface area contributed by atoms with E-state index in [1.165, 1.54) is 23.4 Å². The number of nitrogens with one attached hydrogen (secondary N) is 1. The fraction of sp³-hybridized carbons (Fsp3) is 0.462. The van der Waals surface area contributed by atoms with E-state index < -0.39 is 28.2 Å². The van der Waals surface area contributed by atoms with Crippen LogP contribution >= 0.6 is 11.8 Å². The van der Waals surface area contributed by atoms with Gasteiger partial charge in [-0.3, -0.25) is 14.1 Å². The molecular formula is C13H16N2O8S2. The molecule has 138 valence electrons. The molecular weight excluding hydrogens is 376 g/mol. The minimum Gasteiger partial charge on any atom is -0.477 e. The molecule has 0 aliphatic carbocycles. The number of hydrogen-bond acceptors (Lipinski definition) is 7. The fourth-order valence-corrected chi connectivity index (χ4v) is 3.90. The molecule has 0 aromatic heterocycles. The predicted octanol–water partition coefficient (Wildman–Crippen LogP) is 0.0633. The van der Waals surface area contributed by atoms with Gasteiger partial charge in [0.05, 0.1) is 18.6 Å². The van der Waals surface area contributed by atoms with Gasteiger partial charge in [-0.25, -0.2) is 8.98 Å². The van der Waals surface area contributed by atoms with E-state index in [2.05, 4.69) is 9.50 Å². The Morgan fingerprint density at radius 3 is 2.72 bits per heavy atom. The van der Waals surface area contributed by atoms with Gasteiger partial charge >= 0.3 is 16.4 Å². The summed E-state index contributed by atoms with van der Waals surface area (Å²) in [6.45, 7) is 0.962. The van der Waals surface area contributed by atoms with E-state index in [0.717, 1.165) is 11.8 Å². The van der Waals surface area contributed by atoms with Gasteiger partial charge in [0.2, 0.25) is 11.8 Å². The number of amides is 2. The third-order valence-electron chi connectivity index (χ3n) is 3.68. The molecule has 0 aromatic rings. The summed E-state index contributed by atoms with van der Waals surface area (Å²) < 4.78 is 33.8. The molecule has 0 saturated carbocycles. The van der Waals surface area contributed by atoms with Gasteiger partial charge < -0.3 is 15.3 Å². The first-order valence-electron chi connectivity index (χ1n) is 7.12. The average molecular weight is 392 g/mol. The summed E-state index contributed by atoms with van der Waals surface area (Å²) >= 11 is 1.08. The monoisotopic (exact) mass is 392 g/mol. The molecule has 0 unspecified atom stereocenters. The molecule has 2 aliphatic rings. The molecule has 2 heterocycles. The lowest BCUT2D eigenvalue weighted by Crippen LogP contribution is -2.58.